The van der Waals surface area contributed by atoms with Crippen LogP contribution in [-0.2, 0) is 0 Å². The lowest BCUT2D eigenvalue weighted by Gasteiger charge is -2.15. The van der Waals surface area contributed by atoms with Crippen LogP contribution in [0.2, 0.25) is 0 Å². The summed E-state index contributed by atoms with van der Waals surface area (Å²) in [5.41, 5.74) is 29.9. The van der Waals surface area contributed by atoms with Gasteiger partial charge in [-0.3, -0.25) is 9.97 Å². The maximum atomic E-state index is 5.27. The van der Waals surface area contributed by atoms with Crippen molar-refractivity contribution in [2.45, 2.75) is 48.5 Å². The normalized spacial score (nSPS) is 11.3. The number of fused-ring (bicyclic) bond motifs is 9. The Labute approximate surface area is 829 Å². The van der Waals surface area contributed by atoms with Gasteiger partial charge in [-0.2, -0.15) is 0 Å². The van der Waals surface area contributed by atoms with Gasteiger partial charge in [-0.15, -0.1) is 0 Å². The summed E-state index contributed by atoms with van der Waals surface area (Å²) in [4.78, 5) is 64.8. The largest absolute Gasteiger partial charge is 0.258 e. The third-order valence-corrected chi connectivity index (χ3v) is 26.2. The standard InChI is InChI=1S/C45H30N4.C44H34N4.C41H29N5/c1-29-19-21-32(22-20-29)44-47-43(31-12-3-2-4-13-31)48-45(49-44)36-26-34(25-35(27-36)42-24-23-30-11-6-10-18-41(30)46-42)40-28-33-14-5-7-15-37(33)38-16-8-9-17-39(38)40;1-27-17-37(18-28(2)45-27)39-23-40(38-19-29(3)46-30(4)20-38)25-41(24-39)43-26-42(35-15-13-31-9-5-7-11-33(31)21-35)47-44(48-43)36-16-14-32-10-6-8-12-34(32)22-36;1-26-21-27(2)43-40(42-26)32-22-31(37-25-30-17-9-10-18-34(30)35-19-11-12-20-36(35)37)23-33(24-32)41-45-38(28-13-5-3-6-14-28)44-39(46-41)29-15-7-4-8-16-29/h2-28H,1H3;5-26H,1-4H3;3-25H,1-2H3. The van der Waals surface area contributed by atoms with E-state index < -0.39 is 0 Å². The predicted octanol–water partition coefficient (Wildman–Crippen LogP) is 32.4. The average molecular weight is 1840 g/mol. The maximum Gasteiger partial charge on any atom is 0.164 e. The van der Waals surface area contributed by atoms with Gasteiger partial charge in [-0.25, -0.2) is 54.8 Å². The summed E-state index contributed by atoms with van der Waals surface area (Å²) in [6.45, 7) is 14.3. The Kier molecular flexibility index (Phi) is 23.7. The number of aromatic nitrogens is 13. The van der Waals surface area contributed by atoms with Gasteiger partial charge in [0.05, 0.1) is 22.6 Å². The van der Waals surface area contributed by atoms with Crippen LogP contribution in [0.15, 0.2) is 437 Å². The van der Waals surface area contributed by atoms with Crippen molar-refractivity contribution >= 4 is 75.5 Å². The van der Waals surface area contributed by atoms with Crippen LogP contribution in [0, 0.1) is 48.5 Å². The minimum absolute atomic E-state index is 0.588. The smallest absolute Gasteiger partial charge is 0.164 e. The van der Waals surface area contributed by atoms with Crippen LogP contribution in [0.1, 0.15) is 39.7 Å². The molecule has 0 aliphatic carbocycles. The first-order chi connectivity index (χ1) is 70.1. The van der Waals surface area contributed by atoms with E-state index in [9.17, 15) is 0 Å². The number of aryl methyl sites for hydroxylation is 7. The molecule has 0 atom stereocenters. The van der Waals surface area contributed by atoms with Gasteiger partial charge in [0.15, 0.2) is 46.6 Å². The number of benzene rings is 18. The SMILES string of the molecule is Cc1cc(-c2cc(-c3cc(C)nc(C)c3)cc(-c3cc(-c4ccc5ccccc5c4)nc(-c4ccc5ccccc5c4)n3)c2)cc(C)n1.Cc1cc(C)nc(-c2cc(-c3nc(-c4ccccc4)nc(-c4ccccc4)n3)cc(-c3cc4ccccc4c4ccccc34)c2)n1.Cc1ccc(-c2nc(-c3ccccc3)nc(-c3cc(-c4ccc5ccccc5n4)cc(-c4cc5ccccc5c5ccccc45)c3)n2)cc1. The van der Waals surface area contributed by atoms with E-state index >= 15 is 0 Å². The molecule has 13 nitrogen and oxygen atoms in total. The molecule has 25 aromatic rings. The Morgan fingerprint density at radius 1 is 0.126 bits per heavy atom. The third-order valence-electron chi connectivity index (χ3n) is 26.2. The maximum absolute atomic E-state index is 5.27. The number of hydrogen-bond acceptors (Lipinski definition) is 13. The zero-order valence-corrected chi connectivity index (χ0v) is 79.9. The van der Waals surface area contributed by atoms with Crippen molar-refractivity contribution in [1.29, 1.82) is 0 Å². The van der Waals surface area contributed by atoms with Gasteiger partial charge in [0.2, 0.25) is 0 Å². The molecule has 0 fully saturated rings. The molecule has 0 saturated heterocycles. The van der Waals surface area contributed by atoms with E-state index in [4.69, 9.17) is 54.8 Å². The highest BCUT2D eigenvalue weighted by Crippen LogP contribution is 2.44. The Balaban J connectivity index is 0.000000119. The van der Waals surface area contributed by atoms with Crippen LogP contribution in [0.4, 0.5) is 0 Å². The van der Waals surface area contributed by atoms with E-state index in [0.29, 0.717) is 46.6 Å². The minimum atomic E-state index is 0.588. The molecule has 0 aliphatic rings. The molecule has 0 amide bonds. The number of hydrogen-bond donors (Lipinski definition) is 0. The van der Waals surface area contributed by atoms with Crippen LogP contribution in [0.5, 0.6) is 0 Å². The highest BCUT2D eigenvalue weighted by molar-refractivity contribution is 6.16. The second-order valence-corrected chi connectivity index (χ2v) is 36.6. The lowest BCUT2D eigenvalue weighted by atomic mass is 9.91. The highest BCUT2D eigenvalue weighted by Gasteiger charge is 2.24. The predicted molar refractivity (Wildman–Crippen MR) is 588 cm³/mol. The fraction of sp³-hybridized carbons (Fsp3) is 0.0538. The van der Waals surface area contributed by atoms with E-state index in [2.05, 4.69) is 344 Å². The van der Waals surface area contributed by atoms with Crippen molar-refractivity contribution in [3.8, 4) is 169 Å². The number of rotatable bonds is 15. The molecule has 0 aliphatic heterocycles. The van der Waals surface area contributed by atoms with Crippen LogP contribution >= 0.6 is 0 Å². The Hall–Kier alpha value is -18.6. The van der Waals surface area contributed by atoms with Crippen LogP contribution in [0.3, 0.4) is 0 Å². The summed E-state index contributed by atoms with van der Waals surface area (Å²) in [5.74, 6) is 5.07. The molecule has 0 radical (unpaired) electrons. The quantitative estimate of drug-likeness (QED) is 0.0890. The van der Waals surface area contributed by atoms with Crippen molar-refractivity contribution in [3.05, 3.63) is 477 Å². The van der Waals surface area contributed by atoms with E-state index in [0.717, 1.165) is 173 Å². The number of pyridine rings is 3. The van der Waals surface area contributed by atoms with Gasteiger partial charge >= 0.3 is 0 Å². The second kappa shape index (κ2) is 38.4. The number of nitrogens with zero attached hydrogens (tertiary/aromatic N) is 13. The van der Waals surface area contributed by atoms with Gasteiger partial charge in [-0.1, -0.05) is 315 Å². The van der Waals surface area contributed by atoms with Crippen LogP contribution in [-0.4, -0.2) is 64.8 Å². The van der Waals surface area contributed by atoms with E-state index in [1.54, 1.807) is 0 Å². The highest BCUT2D eigenvalue weighted by atomic mass is 15.0. The molecule has 143 heavy (non-hydrogen) atoms. The van der Waals surface area contributed by atoms with E-state index in [1.165, 1.54) is 64.8 Å². The lowest BCUT2D eigenvalue weighted by molar-refractivity contribution is 1.06. The first-order valence-electron chi connectivity index (χ1n) is 48.1. The van der Waals surface area contributed by atoms with Gasteiger partial charge in [-0.05, 0) is 285 Å². The van der Waals surface area contributed by atoms with Gasteiger partial charge < -0.3 is 0 Å². The average Bonchev–Trinajstić information content (AvgIpc) is 0.758. The van der Waals surface area contributed by atoms with Crippen molar-refractivity contribution in [1.82, 2.24) is 64.8 Å². The van der Waals surface area contributed by atoms with Gasteiger partial charge in [0, 0.05) is 101 Å². The molecule has 7 aromatic heterocycles. The third kappa shape index (κ3) is 18.8. The molecule has 0 N–H and O–H groups in total. The molecule has 7 heterocycles. The van der Waals surface area contributed by atoms with E-state index in [1.807, 2.05) is 151 Å². The molecule has 0 unspecified atom stereocenters. The van der Waals surface area contributed by atoms with Gasteiger partial charge in [0.1, 0.15) is 0 Å². The Morgan fingerprint density at radius 3 is 0.888 bits per heavy atom. The van der Waals surface area contributed by atoms with E-state index in [-0.39, 0.29) is 0 Å². The van der Waals surface area contributed by atoms with Crippen LogP contribution in [0.25, 0.3) is 245 Å². The molecule has 13 heteroatoms. The molecule has 0 spiro atoms. The molecule has 25 rings (SSSR count). The van der Waals surface area contributed by atoms with Crippen molar-refractivity contribution < 1.29 is 0 Å². The fourth-order valence-electron chi connectivity index (χ4n) is 19.4. The zero-order valence-electron chi connectivity index (χ0n) is 79.9. The Morgan fingerprint density at radius 2 is 0.420 bits per heavy atom. The fourth-order valence-corrected chi connectivity index (χ4v) is 19.4. The minimum Gasteiger partial charge on any atom is -0.258 e. The summed E-state index contributed by atoms with van der Waals surface area (Å²) in [7, 11) is 0. The topological polar surface area (TPSA) is 168 Å². The first-order valence-corrected chi connectivity index (χ1v) is 48.1. The number of para-hydroxylation sites is 1. The Bertz CT molecular complexity index is 8970. The van der Waals surface area contributed by atoms with Crippen molar-refractivity contribution in [2.75, 3.05) is 0 Å². The summed E-state index contributed by atoms with van der Waals surface area (Å²) in [6, 6.07) is 152. The molecule has 18 aromatic carbocycles. The monoisotopic (exact) mass is 1840 g/mol. The summed E-state index contributed by atoms with van der Waals surface area (Å²) >= 11 is 0. The molecular weight excluding hydrogens is 1740 g/mol. The molecule has 0 bridgehead atoms. The summed E-state index contributed by atoms with van der Waals surface area (Å²) in [6.07, 6.45) is 0. The molecule has 0 saturated carbocycles. The van der Waals surface area contributed by atoms with Crippen molar-refractivity contribution in [2.24, 2.45) is 0 Å². The van der Waals surface area contributed by atoms with Crippen molar-refractivity contribution in [3.63, 3.8) is 0 Å². The zero-order chi connectivity index (χ0) is 96.5. The molecule has 678 valence electrons. The lowest BCUT2D eigenvalue weighted by Crippen LogP contribution is -2.01. The van der Waals surface area contributed by atoms with Gasteiger partial charge in [0.25, 0.3) is 0 Å². The molecular formula is C130H93N13. The second-order valence-electron chi connectivity index (χ2n) is 36.6. The first kappa shape index (κ1) is 88.4. The summed E-state index contributed by atoms with van der Waals surface area (Å²) < 4.78 is 0. The summed E-state index contributed by atoms with van der Waals surface area (Å²) in [5, 5.41) is 15.5. The van der Waals surface area contributed by atoms with Crippen LogP contribution < -0.4 is 0 Å².